The smallest absolute Gasteiger partial charge is 0.279 e. The van der Waals surface area contributed by atoms with E-state index >= 15 is 0 Å². The largest absolute Gasteiger partial charge is 0.445 e. The van der Waals surface area contributed by atoms with Crippen molar-refractivity contribution in [1.82, 2.24) is 15.3 Å². The molecule has 7 nitrogen and oxygen atoms in total. The average molecular weight is 385 g/mol. The van der Waals surface area contributed by atoms with Crippen molar-refractivity contribution in [2.45, 2.75) is 37.7 Å². The van der Waals surface area contributed by atoms with E-state index < -0.39 is 0 Å². The van der Waals surface area contributed by atoms with Crippen LogP contribution in [0.3, 0.4) is 0 Å². The number of thiazole rings is 1. The van der Waals surface area contributed by atoms with Gasteiger partial charge >= 0.3 is 0 Å². The molecule has 2 aliphatic rings. The number of amides is 1. The highest BCUT2D eigenvalue weighted by Crippen LogP contribution is 2.33. The summed E-state index contributed by atoms with van der Waals surface area (Å²) in [7, 11) is 0. The van der Waals surface area contributed by atoms with Gasteiger partial charge in [-0.05, 0) is 44.7 Å². The summed E-state index contributed by atoms with van der Waals surface area (Å²) >= 11 is 1.54. The van der Waals surface area contributed by atoms with Gasteiger partial charge in [0.2, 0.25) is 0 Å². The van der Waals surface area contributed by atoms with E-state index in [0.29, 0.717) is 29.1 Å². The van der Waals surface area contributed by atoms with E-state index in [1.807, 2.05) is 6.20 Å². The number of rotatable bonds is 4. The predicted octanol–water partition coefficient (Wildman–Crippen LogP) is 3.12. The van der Waals surface area contributed by atoms with E-state index in [2.05, 4.69) is 20.6 Å². The summed E-state index contributed by atoms with van der Waals surface area (Å²) in [6, 6.07) is 0. The molecule has 2 saturated heterocycles. The van der Waals surface area contributed by atoms with Crippen LogP contribution in [0, 0.1) is 0 Å². The van der Waals surface area contributed by atoms with Crippen LogP contribution in [0.1, 0.15) is 58.8 Å². The molecule has 2 aliphatic heterocycles. The highest BCUT2D eigenvalue weighted by molar-refractivity contribution is 7.15. The first kappa shape index (κ1) is 18.3. The molecule has 0 aromatic carbocycles. The van der Waals surface area contributed by atoms with E-state index in [4.69, 9.17) is 9.15 Å². The second-order valence-electron chi connectivity index (χ2n) is 6.11. The Morgan fingerprint density at radius 3 is 2.88 bits per heavy atom. The van der Waals surface area contributed by atoms with E-state index in [-0.39, 0.29) is 24.4 Å². The summed E-state index contributed by atoms with van der Waals surface area (Å²) in [6.07, 6.45) is 7.05. The summed E-state index contributed by atoms with van der Waals surface area (Å²) in [5.74, 6) is 0.754. The van der Waals surface area contributed by atoms with Crippen LogP contribution in [-0.4, -0.2) is 35.6 Å². The molecule has 2 aromatic rings. The highest BCUT2D eigenvalue weighted by atomic mass is 35.5. The number of halogens is 1. The standard InChI is InChI=1S/C16H20N4O3S.ClH/c21-15(13-14(23-9-19-13)11-2-1-7-22-11)20-16-18-8-12(24-16)10-3-5-17-6-4-10;/h8-11,17H,1-7H2,(H,18,20,21);1H. The Morgan fingerprint density at radius 1 is 1.28 bits per heavy atom. The minimum Gasteiger partial charge on any atom is -0.445 e. The Labute approximate surface area is 156 Å². The number of nitrogens with zero attached hydrogens (tertiary/aromatic N) is 2. The lowest BCUT2D eigenvalue weighted by Gasteiger charge is -2.20. The number of carbonyl (C=O) groups is 1. The maximum absolute atomic E-state index is 12.5. The Hall–Kier alpha value is -1.48. The Kier molecular flexibility index (Phi) is 6.06. The normalized spacial score (nSPS) is 21.0. The summed E-state index contributed by atoms with van der Waals surface area (Å²) in [5, 5.41) is 6.81. The summed E-state index contributed by atoms with van der Waals surface area (Å²) < 4.78 is 11.0. The Balaban J connectivity index is 0.00000182. The van der Waals surface area contributed by atoms with Crippen LogP contribution < -0.4 is 10.6 Å². The minimum atomic E-state index is -0.291. The minimum absolute atomic E-state index is 0. The molecule has 0 saturated carbocycles. The second kappa shape index (κ2) is 8.27. The van der Waals surface area contributed by atoms with Gasteiger partial charge in [0.1, 0.15) is 6.10 Å². The zero-order valence-electron chi connectivity index (χ0n) is 13.7. The average Bonchev–Trinajstić information content (AvgIpc) is 3.36. The fraction of sp³-hybridized carbons (Fsp3) is 0.562. The summed E-state index contributed by atoms with van der Waals surface area (Å²) in [5.41, 5.74) is 0.292. The first-order chi connectivity index (χ1) is 11.8. The zero-order valence-corrected chi connectivity index (χ0v) is 15.3. The zero-order chi connectivity index (χ0) is 16.4. The Morgan fingerprint density at radius 2 is 2.12 bits per heavy atom. The molecule has 25 heavy (non-hydrogen) atoms. The molecule has 1 amide bonds. The van der Waals surface area contributed by atoms with Crippen molar-refractivity contribution in [3.63, 3.8) is 0 Å². The van der Waals surface area contributed by atoms with Crippen molar-refractivity contribution in [2.75, 3.05) is 25.0 Å². The molecule has 136 valence electrons. The van der Waals surface area contributed by atoms with Gasteiger partial charge in [-0.25, -0.2) is 9.97 Å². The lowest BCUT2D eigenvalue weighted by Crippen LogP contribution is -2.26. The van der Waals surface area contributed by atoms with E-state index in [9.17, 15) is 4.79 Å². The second-order valence-corrected chi connectivity index (χ2v) is 7.18. The Bertz CT molecular complexity index is 708. The lowest BCUT2D eigenvalue weighted by molar-refractivity contribution is 0.0889. The number of piperidine rings is 1. The third-order valence-electron chi connectivity index (χ3n) is 4.52. The van der Waals surface area contributed by atoms with Gasteiger partial charge in [0, 0.05) is 17.7 Å². The highest BCUT2D eigenvalue weighted by Gasteiger charge is 2.28. The molecular weight excluding hydrogens is 364 g/mol. The predicted molar refractivity (Wildman–Crippen MR) is 96.6 cm³/mol. The molecule has 4 heterocycles. The first-order valence-corrected chi connectivity index (χ1v) is 9.15. The van der Waals surface area contributed by atoms with Crippen LogP contribution >= 0.6 is 23.7 Å². The van der Waals surface area contributed by atoms with E-state index in [0.717, 1.165) is 38.8 Å². The van der Waals surface area contributed by atoms with Crippen LogP contribution in [0.5, 0.6) is 0 Å². The first-order valence-electron chi connectivity index (χ1n) is 8.34. The number of nitrogens with one attached hydrogen (secondary N) is 2. The lowest BCUT2D eigenvalue weighted by atomic mass is 9.97. The molecule has 0 aliphatic carbocycles. The molecule has 0 bridgehead atoms. The van der Waals surface area contributed by atoms with Gasteiger partial charge < -0.3 is 14.5 Å². The van der Waals surface area contributed by atoms with Gasteiger partial charge in [0.25, 0.3) is 5.91 Å². The SMILES string of the molecule is Cl.O=C(Nc1ncc(C2CCNCC2)s1)c1ncoc1C1CCCO1. The van der Waals surface area contributed by atoms with Crippen LogP contribution in [0.2, 0.25) is 0 Å². The topological polar surface area (TPSA) is 89.3 Å². The van der Waals surface area contributed by atoms with Crippen molar-refractivity contribution < 1.29 is 13.9 Å². The fourth-order valence-corrected chi connectivity index (χ4v) is 4.21. The molecule has 0 spiro atoms. The third-order valence-corrected chi connectivity index (χ3v) is 5.59. The van der Waals surface area contributed by atoms with Crippen LogP contribution in [0.25, 0.3) is 0 Å². The summed E-state index contributed by atoms with van der Waals surface area (Å²) in [4.78, 5) is 22.1. The van der Waals surface area contributed by atoms with Gasteiger partial charge in [-0.1, -0.05) is 0 Å². The monoisotopic (exact) mass is 384 g/mol. The number of ether oxygens (including phenoxy) is 1. The van der Waals surface area contributed by atoms with Crippen molar-refractivity contribution in [2.24, 2.45) is 0 Å². The number of anilines is 1. The molecular formula is C16H21ClN4O3S. The van der Waals surface area contributed by atoms with E-state index in [1.165, 1.54) is 11.3 Å². The van der Waals surface area contributed by atoms with Gasteiger partial charge in [-0.15, -0.1) is 23.7 Å². The maximum Gasteiger partial charge on any atom is 0.279 e. The van der Waals surface area contributed by atoms with Gasteiger partial charge in [-0.2, -0.15) is 0 Å². The quantitative estimate of drug-likeness (QED) is 0.841. The van der Waals surface area contributed by atoms with Gasteiger partial charge in [-0.3, -0.25) is 10.1 Å². The molecule has 1 unspecified atom stereocenters. The summed E-state index contributed by atoms with van der Waals surface area (Å²) in [6.45, 7) is 2.76. The van der Waals surface area contributed by atoms with Crippen LogP contribution in [-0.2, 0) is 4.74 Å². The van der Waals surface area contributed by atoms with Crippen LogP contribution in [0.15, 0.2) is 17.0 Å². The molecule has 9 heteroatoms. The number of aromatic nitrogens is 2. The van der Waals surface area contributed by atoms with Crippen molar-refractivity contribution in [3.8, 4) is 0 Å². The third kappa shape index (κ3) is 4.03. The van der Waals surface area contributed by atoms with Crippen LogP contribution in [0.4, 0.5) is 5.13 Å². The maximum atomic E-state index is 12.5. The number of carbonyl (C=O) groups excluding carboxylic acids is 1. The van der Waals surface area contributed by atoms with Crippen molar-refractivity contribution in [3.05, 3.63) is 28.9 Å². The molecule has 1 atom stereocenters. The molecule has 2 N–H and O–H groups in total. The number of oxazole rings is 1. The fourth-order valence-electron chi connectivity index (χ4n) is 3.23. The molecule has 0 radical (unpaired) electrons. The van der Waals surface area contributed by atoms with Gasteiger partial charge in [0.05, 0.1) is 0 Å². The number of hydrogen-bond acceptors (Lipinski definition) is 7. The number of hydrogen-bond donors (Lipinski definition) is 2. The molecule has 2 aromatic heterocycles. The van der Waals surface area contributed by atoms with E-state index in [1.54, 1.807) is 11.3 Å². The van der Waals surface area contributed by atoms with Crippen molar-refractivity contribution >= 4 is 34.8 Å². The molecule has 2 fully saturated rings. The van der Waals surface area contributed by atoms with Gasteiger partial charge in [0.15, 0.2) is 23.0 Å². The van der Waals surface area contributed by atoms with Crippen molar-refractivity contribution in [1.29, 1.82) is 0 Å². The molecule has 4 rings (SSSR count).